The normalized spacial score (nSPS) is 13.5. The van der Waals surface area contributed by atoms with Gasteiger partial charge in [0.2, 0.25) is 10.0 Å². The number of furan rings is 1. The fourth-order valence-electron chi connectivity index (χ4n) is 5.43. The molecule has 1 aromatic heterocycles. The Morgan fingerprint density at radius 3 is 2.33 bits per heavy atom. The van der Waals surface area contributed by atoms with Gasteiger partial charge in [-0.25, -0.2) is 12.8 Å². The number of amides is 2. The molecule has 10 heteroatoms. The van der Waals surface area contributed by atoms with Crippen molar-refractivity contribution in [3.8, 4) is 11.1 Å². The molecule has 5 aromatic rings. The van der Waals surface area contributed by atoms with Gasteiger partial charge in [0.15, 0.2) is 0 Å². The van der Waals surface area contributed by atoms with E-state index in [4.69, 9.17) is 10.2 Å². The second-order valence-corrected chi connectivity index (χ2v) is 13.8. The fourth-order valence-corrected chi connectivity index (χ4v) is 6.82. The van der Waals surface area contributed by atoms with Crippen molar-refractivity contribution in [1.82, 2.24) is 5.32 Å². The summed E-state index contributed by atoms with van der Waals surface area (Å²) >= 11 is 0. The molecule has 45 heavy (non-hydrogen) atoms. The number of primary amides is 1. The van der Waals surface area contributed by atoms with Crippen molar-refractivity contribution in [3.05, 3.63) is 125 Å². The van der Waals surface area contributed by atoms with Gasteiger partial charge in [-0.05, 0) is 73.7 Å². The summed E-state index contributed by atoms with van der Waals surface area (Å²) in [6, 6.07) is 25.4. The van der Waals surface area contributed by atoms with Gasteiger partial charge in [-0.1, -0.05) is 54.6 Å². The average Bonchev–Trinajstić information content (AvgIpc) is 3.81. The van der Waals surface area contributed by atoms with Crippen LogP contribution < -0.4 is 15.8 Å². The number of carbonyl (C=O) groups excluding carboxylic acids is 2. The lowest BCUT2D eigenvalue weighted by Gasteiger charge is -2.27. The highest BCUT2D eigenvalue weighted by atomic mass is 32.2. The van der Waals surface area contributed by atoms with E-state index in [1.54, 1.807) is 42.5 Å². The van der Waals surface area contributed by atoms with Crippen LogP contribution in [0.1, 0.15) is 64.3 Å². The van der Waals surface area contributed by atoms with Crippen LogP contribution >= 0.6 is 0 Å². The van der Waals surface area contributed by atoms with Crippen LogP contribution in [0.4, 0.5) is 10.1 Å². The molecule has 2 amide bonds. The van der Waals surface area contributed by atoms with Crippen molar-refractivity contribution in [2.45, 2.75) is 43.9 Å². The predicted molar refractivity (Wildman–Crippen MR) is 172 cm³/mol. The number of halogens is 1. The Balaban J connectivity index is 1.44. The quantitative estimate of drug-likeness (QED) is 0.163. The van der Waals surface area contributed by atoms with Gasteiger partial charge in [0.05, 0.1) is 22.0 Å². The third-order valence-electron chi connectivity index (χ3n) is 8.00. The standard InChI is InChI=1S/C35H32FN3O5S/c1-35(2,24-9-4-3-5-10-24)38-34(41)23-8-6-7-22(18-23)27-19-28-30(20-29(27)39-45(42,43)26-15-16-26)44-31(32(28)33(37)40)17-21-11-13-25(36)14-12-21/h3-14,18-20,26,39H,15-17H2,1-2H3,(H2,37,40)(H,38,41). The maximum atomic E-state index is 13.5. The van der Waals surface area contributed by atoms with Crippen LogP contribution in [-0.2, 0) is 22.0 Å². The second kappa shape index (κ2) is 11.5. The van der Waals surface area contributed by atoms with Gasteiger partial charge in [0, 0.05) is 29.0 Å². The highest BCUT2D eigenvalue weighted by Crippen LogP contribution is 2.39. The van der Waals surface area contributed by atoms with E-state index in [9.17, 15) is 22.4 Å². The van der Waals surface area contributed by atoms with E-state index in [0.717, 1.165) is 5.56 Å². The SMILES string of the molecule is CC(C)(NC(=O)c1cccc(-c2cc3c(C(N)=O)c(Cc4ccc(F)cc4)oc3cc2NS(=O)(=O)C2CC2)c1)c1ccccc1. The van der Waals surface area contributed by atoms with Gasteiger partial charge in [-0.3, -0.25) is 14.3 Å². The molecule has 1 heterocycles. The van der Waals surface area contributed by atoms with Gasteiger partial charge in [0.25, 0.3) is 11.8 Å². The summed E-state index contributed by atoms with van der Waals surface area (Å²) in [6.45, 7) is 3.83. The Morgan fingerprint density at radius 2 is 1.67 bits per heavy atom. The summed E-state index contributed by atoms with van der Waals surface area (Å²) in [6.07, 6.45) is 1.29. The summed E-state index contributed by atoms with van der Waals surface area (Å²) in [5.74, 6) is -1.15. The van der Waals surface area contributed by atoms with Crippen molar-refractivity contribution in [1.29, 1.82) is 0 Å². The molecule has 1 aliphatic carbocycles. The first kappa shape index (κ1) is 30.1. The van der Waals surface area contributed by atoms with Gasteiger partial charge in [-0.15, -0.1) is 0 Å². The molecule has 230 valence electrons. The van der Waals surface area contributed by atoms with Crippen LogP contribution in [-0.4, -0.2) is 25.5 Å². The minimum Gasteiger partial charge on any atom is -0.460 e. The van der Waals surface area contributed by atoms with Crippen molar-refractivity contribution in [2.24, 2.45) is 5.73 Å². The Labute approximate surface area is 260 Å². The Hall–Kier alpha value is -4.96. The molecule has 0 aliphatic heterocycles. The summed E-state index contributed by atoms with van der Waals surface area (Å²) in [4.78, 5) is 26.2. The number of anilines is 1. The number of benzene rings is 4. The highest BCUT2D eigenvalue weighted by Gasteiger charge is 2.36. The minimum absolute atomic E-state index is 0.144. The lowest BCUT2D eigenvalue weighted by atomic mass is 9.93. The molecule has 0 bridgehead atoms. The van der Waals surface area contributed by atoms with Crippen LogP contribution in [0.25, 0.3) is 22.1 Å². The molecule has 0 atom stereocenters. The predicted octanol–water partition coefficient (Wildman–Crippen LogP) is 6.50. The van der Waals surface area contributed by atoms with Crippen LogP contribution in [0.3, 0.4) is 0 Å². The van der Waals surface area contributed by atoms with Crippen LogP contribution in [0.2, 0.25) is 0 Å². The number of nitrogens with one attached hydrogen (secondary N) is 2. The average molecular weight is 626 g/mol. The molecule has 1 fully saturated rings. The molecule has 0 radical (unpaired) electrons. The fraction of sp³-hybridized carbons (Fsp3) is 0.200. The highest BCUT2D eigenvalue weighted by molar-refractivity contribution is 7.93. The molecule has 1 saturated carbocycles. The Bertz CT molecular complexity index is 2030. The number of sulfonamides is 1. The number of nitrogens with two attached hydrogens (primary N) is 1. The van der Waals surface area contributed by atoms with E-state index in [-0.39, 0.29) is 34.9 Å². The van der Waals surface area contributed by atoms with Gasteiger partial charge in [0.1, 0.15) is 17.2 Å². The molecule has 0 unspecified atom stereocenters. The largest absolute Gasteiger partial charge is 0.460 e. The molecule has 0 spiro atoms. The molecule has 6 rings (SSSR count). The van der Waals surface area contributed by atoms with Gasteiger partial charge in [-0.2, -0.15) is 0 Å². The smallest absolute Gasteiger partial charge is 0.252 e. The zero-order valence-electron chi connectivity index (χ0n) is 24.8. The molecule has 1 aliphatic rings. The number of rotatable bonds is 10. The van der Waals surface area contributed by atoms with Crippen LogP contribution in [0.15, 0.2) is 95.4 Å². The number of carbonyl (C=O) groups is 2. The third-order valence-corrected chi connectivity index (χ3v) is 9.85. The van der Waals surface area contributed by atoms with Gasteiger partial charge < -0.3 is 15.5 Å². The lowest BCUT2D eigenvalue weighted by molar-refractivity contribution is 0.0911. The molecule has 8 nitrogen and oxygen atoms in total. The maximum absolute atomic E-state index is 13.5. The summed E-state index contributed by atoms with van der Waals surface area (Å²) < 4.78 is 48.5. The number of hydrogen-bond donors (Lipinski definition) is 3. The first-order valence-electron chi connectivity index (χ1n) is 14.5. The van der Waals surface area contributed by atoms with Crippen molar-refractivity contribution < 1.29 is 26.8 Å². The van der Waals surface area contributed by atoms with E-state index in [1.165, 1.54) is 18.2 Å². The first-order valence-corrected chi connectivity index (χ1v) is 16.1. The van der Waals surface area contributed by atoms with E-state index in [2.05, 4.69) is 10.0 Å². The summed E-state index contributed by atoms with van der Waals surface area (Å²) in [5, 5.41) is 2.97. The van der Waals surface area contributed by atoms with Crippen LogP contribution in [0, 0.1) is 5.82 Å². The van der Waals surface area contributed by atoms with Crippen molar-refractivity contribution in [2.75, 3.05) is 4.72 Å². The lowest BCUT2D eigenvalue weighted by Crippen LogP contribution is -2.40. The van der Waals surface area contributed by atoms with E-state index in [1.807, 2.05) is 44.2 Å². The topological polar surface area (TPSA) is 132 Å². The number of hydrogen-bond acceptors (Lipinski definition) is 5. The van der Waals surface area contributed by atoms with Gasteiger partial charge >= 0.3 is 0 Å². The molecule has 4 N–H and O–H groups in total. The molecular weight excluding hydrogens is 593 g/mol. The Morgan fingerprint density at radius 1 is 0.956 bits per heavy atom. The summed E-state index contributed by atoms with van der Waals surface area (Å²) in [5.41, 5.74) is 8.81. The van der Waals surface area contributed by atoms with Crippen molar-refractivity contribution >= 4 is 38.5 Å². The zero-order chi connectivity index (χ0) is 31.9. The summed E-state index contributed by atoms with van der Waals surface area (Å²) in [7, 11) is -3.69. The minimum atomic E-state index is -3.69. The Kier molecular flexibility index (Phi) is 7.70. The number of fused-ring (bicyclic) bond motifs is 1. The van der Waals surface area contributed by atoms with Crippen LogP contribution in [0.5, 0.6) is 0 Å². The second-order valence-electron chi connectivity index (χ2n) is 11.8. The zero-order valence-corrected chi connectivity index (χ0v) is 25.6. The van der Waals surface area contributed by atoms with E-state index in [0.29, 0.717) is 40.5 Å². The van der Waals surface area contributed by atoms with E-state index < -0.39 is 32.5 Å². The molecular formula is C35H32FN3O5S. The molecule has 4 aromatic carbocycles. The van der Waals surface area contributed by atoms with E-state index >= 15 is 0 Å². The van der Waals surface area contributed by atoms with Crippen molar-refractivity contribution in [3.63, 3.8) is 0 Å². The third kappa shape index (κ3) is 6.32. The first-order chi connectivity index (χ1) is 21.4. The monoisotopic (exact) mass is 625 g/mol. The molecule has 0 saturated heterocycles. The maximum Gasteiger partial charge on any atom is 0.252 e.